The van der Waals surface area contributed by atoms with Gasteiger partial charge in [-0.05, 0) is 49.7 Å². The van der Waals surface area contributed by atoms with Crippen molar-refractivity contribution in [3.05, 3.63) is 21.9 Å². The SMILES string of the molecule is CC(=O)c1cc([C@@H]2C[C@H]3CN(C)C(=O)[C@]34CCCN24)cs1. The average Bonchev–Trinajstić information content (AvgIpc) is 3.15. The number of carbonyl (C=O) groups is 2. The van der Waals surface area contributed by atoms with Crippen LogP contribution in [-0.2, 0) is 4.79 Å². The molecule has 3 fully saturated rings. The molecule has 0 saturated carbocycles. The van der Waals surface area contributed by atoms with Crippen LogP contribution >= 0.6 is 11.3 Å². The van der Waals surface area contributed by atoms with E-state index in [9.17, 15) is 9.59 Å². The molecule has 0 unspecified atom stereocenters. The molecule has 112 valence electrons. The molecule has 3 saturated heterocycles. The van der Waals surface area contributed by atoms with Crippen LogP contribution in [0.15, 0.2) is 11.4 Å². The lowest BCUT2D eigenvalue weighted by Crippen LogP contribution is -2.49. The van der Waals surface area contributed by atoms with Gasteiger partial charge in [0, 0.05) is 25.6 Å². The number of carbonyl (C=O) groups excluding carboxylic acids is 2. The highest BCUT2D eigenvalue weighted by Gasteiger charge is 2.64. The quantitative estimate of drug-likeness (QED) is 0.787. The van der Waals surface area contributed by atoms with E-state index in [0.29, 0.717) is 17.9 Å². The maximum Gasteiger partial charge on any atom is 0.243 e. The van der Waals surface area contributed by atoms with Crippen LogP contribution in [0.3, 0.4) is 0 Å². The van der Waals surface area contributed by atoms with E-state index in [0.717, 1.165) is 37.2 Å². The molecule has 1 aromatic rings. The molecule has 3 aliphatic heterocycles. The van der Waals surface area contributed by atoms with Crippen LogP contribution in [0.2, 0.25) is 0 Å². The Morgan fingerprint density at radius 2 is 2.29 bits per heavy atom. The number of rotatable bonds is 2. The standard InChI is InChI=1S/C16H20N2O2S/c1-10(19)14-6-11(9-21-14)13-7-12-8-17(2)15(20)16(12)4-3-5-18(13)16/h6,9,12-13H,3-5,7-8H2,1-2H3/t12-,13-,16-/m0/s1. The largest absolute Gasteiger partial charge is 0.344 e. The molecule has 0 aliphatic carbocycles. The van der Waals surface area contributed by atoms with Gasteiger partial charge in [0.05, 0.1) is 4.88 Å². The lowest BCUT2D eigenvalue weighted by atomic mass is 9.85. The number of thiophene rings is 1. The minimum absolute atomic E-state index is 0.136. The Kier molecular flexibility index (Phi) is 2.82. The van der Waals surface area contributed by atoms with Gasteiger partial charge in [-0.3, -0.25) is 14.5 Å². The minimum atomic E-state index is -0.238. The van der Waals surface area contributed by atoms with Crippen LogP contribution in [0.5, 0.6) is 0 Å². The van der Waals surface area contributed by atoms with E-state index in [1.807, 2.05) is 18.0 Å². The van der Waals surface area contributed by atoms with Gasteiger partial charge in [-0.2, -0.15) is 0 Å². The smallest absolute Gasteiger partial charge is 0.243 e. The molecule has 0 aromatic carbocycles. The monoisotopic (exact) mass is 304 g/mol. The van der Waals surface area contributed by atoms with Crippen molar-refractivity contribution in [3.8, 4) is 0 Å². The summed E-state index contributed by atoms with van der Waals surface area (Å²) in [5, 5.41) is 2.11. The first-order valence-corrected chi connectivity index (χ1v) is 8.53. The van der Waals surface area contributed by atoms with Gasteiger partial charge in [0.2, 0.25) is 5.91 Å². The zero-order chi connectivity index (χ0) is 14.8. The van der Waals surface area contributed by atoms with E-state index in [1.165, 1.54) is 16.9 Å². The third kappa shape index (κ3) is 1.64. The fourth-order valence-corrected chi connectivity index (χ4v) is 5.58. The number of hydrogen-bond acceptors (Lipinski definition) is 4. The fourth-order valence-electron chi connectivity index (χ4n) is 4.73. The molecular formula is C16H20N2O2S. The molecule has 4 nitrogen and oxygen atoms in total. The van der Waals surface area contributed by atoms with Gasteiger partial charge in [0.15, 0.2) is 5.78 Å². The van der Waals surface area contributed by atoms with Crippen molar-refractivity contribution in [2.24, 2.45) is 5.92 Å². The molecule has 3 aliphatic rings. The van der Waals surface area contributed by atoms with Crippen molar-refractivity contribution >= 4 is 23.0 Å². The Bertz CT molecular complexity index is 626. The first-order chi connectivity index (χ1) is 10.0. The third-order valence-electron chi connectivity index (χ3n) is 5.59. The van der Waals surface area contributed by atoms with Gasteiger partial charge in [-0.1, -0.05) is 0 Å². The van der Waals surface area contributed by atoms with E-state index >= 15 is 0 Å². The van der Waals surface area contributed by atoms with E-state index in [1.54, 1.807) is 6.92 Å². The molecule has 21 heavy (non-hydrogen) atoms. The number of hydrogen-bond donors (Lipinski definition) is 0. The Morgan fingerprint density at radius 3 is 3.00 bits per heavy atom. The zero-order valence-electron chi connectivity index (χ0n) is 12.5. The number of likely N-dealkylation sites (tertiary alicyclic amines) is 1. The van der Waals surface area contributed by atoms with E-state index in [2.05, 4.69) is 10.3 Å². The van der Waals surface area contributed by atoms with Crippen molar-refractivity contribution in [1.29, 1.82) is 0 Å². The second kappa shape index (κ2) is 4.40. The zero-order valence-corrected chi connectivity index (χ0v) is 13.3. The maximum atomic E-state index is 12.7. The van der Waals surface area contributed by atoms with Crippen LogP contribution in [0.25, 0.3) is 0 Å². The fraction of sp³-hybridized carbons (Fsp3) is 0.625. The molecule has 0 N–H and O–H groups in total. The Hall–Kier alpha value is -1.20. The summed E-state index contributed by atoms with van der Waals surface area (Å²) >= 11 is 1.53. The highest BCUT2D eigenvalue weighted by Crippen LogP contribution is 2.55. The molecule has 4 rings (SSSR count). The maximum absolute atomic E-state index is 12.7. The normalized spacial score (nSPS) is 35.3. The van der Waals surface area contributed by atoms with Crippen LogP contribution in [0.4, 0.5) is 0 Å². The number of amides is 1. The number of Topliss-reactive ketones (excluding diaryl/α,β-unsaturated/α-hetero) is 1. The second-order valence-corrected chi connectivity index (χ2v) is 7.57. The molecule has 1 aromatic heterocycles. The Morgan fingerprint density at radius 1 is 1.48 bits per heavy atom. The number of nitrogens with zero attached hydrogens (tertiary/aromatic N) is 2. The molecule has 1 spiro atoms. The number of likely N-dealkylation sites (N-methyl/N-ethyl adjacent to an activating group) is 1. The summed E-state index contributed by atoms with van der Waals surface area (Å²) in [6.45, 7) is 3.51. The van der Waals surface area contributed by atoms with Crippen molar-refractivity contribution < 1.29 is 9.59 Å². The highest BCUT2D eigenvalue weighted by molar-refractivity contribution is 7.12. The van der Waals surface area contributed by atoms with Crippen LogP contribution in [-0.4, -0.2) is 47.2 Å². The summed E-state index contributed by atoms with van der Waals surface area (Å²) in [5.41, 5.74) is 0.994. The van der Waals surface area contributed by atoms with Gasteiger partial charge < -0.3 is 4.90 Å². The lowest BCUT2D eigenvalue weighted by molar-refractivity contribution is -0.135. The molecule has 0 radical (unpaired) electrons. The first-order valence-electron chi connectivity index (χ1n) is 7.65. The lowest BCUT2D eigenvalue weighted by Gasteiger charge is -2.32. The summed E-state index contributed by atoms with van der Waals surface area (Å²) in [4.78, 5) is 29.4. The van der Waals surface area contributed by atoms with Gasteiger partial charge in [0.25, 0.3) is 0 Å². The summed E-state index contributed by atoms with van der Waals surface area (Å²) < 4.78 is 0. The van der Waals surface area contributed by atoms with Crippen molar-refractivity contribution in [3.63, 3.8) is 0 Å². The molecule has 0 bridgehead atoms. The summed E-state index contributed by atoms with van der Waals surface area (Å²) in [5.74, 6) is 0.897. The van der Waals surface area contributed by atoms with Gasteiger partial charge in [0.1, 0.15) is 5.54 Å². The second-order valence-electron chi connectivity index (χ2n) is 6.66. The topological polar surface area (TPSA) is 40.6 Å². The van der Waals surface area contributed by atoms with Gasteiger partial charge in [-0.15, -0.1) is 11.3 Å². The summed E-state index contributed by atoms with van der Waals surface area (Å²) in [6, 6.07) is 2.36. The first kappa shape index (κ1) is 13.5. The summed E-state index contributed by atoms with van der Waals surface area (Å²) in [6.07, 6.45) is 3.15. The van der Waals surface area contributed by atoms with E-state index in [4.69, 9.17) is 0 Å². The van der Waals surface area contributed by atoms with E-state index < -0.39 is 0 Å². The van der Waals surface area contributed by atoms with Gasteiger partial charge >= 0.3 is 0 Å². The van der Waals surface area contributed by atoms with Crippen molar-refractivity contribution in [1.82, 2.24) is 9.80 Å². The predicted molar refractivity (Wildman–Crippen MR) is 81.5 cm³/mol. The Labute approximate surface area is 128 Å². The van der Waals surface area contributed by atoms with Gasteiger partial charge in [-0.25, -0.2) is 0 Å². The predicted octanol–water partition coefficient (Wildman–Crippen LogP) is 2.32. The summed E-state index contributed by atoms with van der Waals surface area (Å²) in [7, 11) is 1.93. The highest BCUT2D eigenvalue weighted by atomic mass is 32.1. The van der Waals surface area contributed by atoms with Crippen LogP contribution in [0.1, 0.15) is 47.5 Å². The molecule has 5 heteroatoms. The molecular weight excluding hydrogens is 284 g/mol. The number of ketones is 1. The van der Waals surface area contributed by atoms with Crippen molar-refractivity contribution in [2.75, 3.05) is 20.1 Å². The molecule has 4 heterocycles. The third-order valence-corrected chi connectivity index (χ3v) is 6.64. The minimum Gasteiger partial charge on any atom is -0.344 e. The van der Waals surface area contributed by atoms with Crippen molar-refractivity contribution in [2.45, 2.75) is 37.8 Å². The Balaban J connectivity index is 1.71. The molecule has 3 atom stereocenters. The van der Waals surface area contributed by atoms with Crippen LogP contribution in [0, 0.1) is 5.92 Å². The van der Waals surface area contributed by atoms with Crippen LogP contribution < -0.4 is 0 Å². The average molecular weight is 304 g/mol. The van der Waals surface area contributed by atoms with E-state index in [-0.39, 0.29) is 11.3 Å². The molecule has 1 amide bonds.